The van der Waals surface area contributed by atoms with Crippen molar-refractivity contribution in [2.45, 2.75) is 54.5 Å². The maximum absolute atomic E-state index is 3.32. The summed E-state index contributed by atoms with van der Waals surface area (Å²) in [4.78, 5) is 0. The van der Waals surface area contributed by atoms with E-state index in [1.54, 1.807) is 0 Å². The molecule has 94 valence electrons. The van der Waals surface area contributed by atoms with E-state index in [4.69, 9.17) is 0 Å². The zero-order valence-electron chi connectivity index (χ0n) is 11.9. The Morgan fingerprint density at radius 1 is 0.867 bits per heavy atom. The number of piperazine rings is 1. The van der Waals surface area contributed by atoms with E-state index in [0.29, 0.717) is 6.04 Å². The molecule has 0 saturated carbocycles. The number of nitrogens with one attached hydrogen (secondary N) is 2. The molecule has 2 heteroatoms. The molecule has 2 N–H and O–H groups in total. The summed E-state index contributed by atoms with van der Waals surface area (Å²) in [5.74, 6) is 1.67. The van der Waals surface area contributed by atoms with Crippen molar-refractivity contribution in [3.63, 3.8) is 0 Å². The summed E-state index contributed by atoms with van der Waals surface area (Å²) in [7, 11) is 0. The average molecular weight is 216 g/mol. The van der Waals surface area contributed by atoms with E-state index in [1.807, 2.05) is 0 Å². The summed E-state index contributed by atoms with van der Waals surface area (Å²) < 4.78 is 0. The second-order valence-electron chi connectivity index (χ2n) is 5.52. The van der Waals surface area contributed by atoms with Gasteiger partial charge >= 0.3 is 0 Å². The van der Waals surface area contributed by atoms with Crippen molar-refractivity contribution in [3.05, 3.63) is 0 Å². The van der Waals surface area contributed by atoms with Crippen molar-refractivity contribution in [3.8, 4) is 0 Å². The summed E-state index contributed by atoms with van der Waals surface area (Å²) in [6.07, 6.45) is 0. The first-order chi connectivity index (χ1) is 6.86. The van der Waals surface area contributed by atoms with Gasteiger partial charge in [0.1, 0.15) is 0 Å². The van der Waals surface area contributed by atoms with E-state index >= 15 is 0 Å². The van der Waals surface area contributed by atoms with Crippen LogP contribution in [0.3, 0.4) is 0 Å². The van der Waals surface area contributed by atoms with Gasteiger partial charge in [-0.05, 0) is 18.8 Å². The Labute approximate surface area is 97.2 Å². The highest BCUT2D eigenvalue weighted by atomic mass is 15.0. The Bertz CT molecular complexity index is 93.6. The molecule has 0 spiro atoms. The molecule has 1 saturated heterocycles. The van der Waals surface area contributed by atoms with Crippen LogP contribution in [0.4, 0.5) is 0 Å². The van der Waals surface area contributed by atoms with Crippen molar-refractivity contribution in [1.29, 1.82) is 0 Å². The molecule has 0 radical (unpaired) electrons. The van der Waals surface area contributed by atoms with Crippen LogP contribution in [0, 0.1) is 11.8 Å². The van der Waals surface area contributed by atoms with Crippen molar-refractivity contribution in [2.75, 3.05) is 19.6 Å². The summed E-state index contributed by atoms with van der Waals surface area (Å²) in [5, 5.41) is 6.59. The van der Waals surface area contributed by atoms with Gasteiger partial charge in [-0.15, -0.1) is 0 Å². The Morgan fingerprint density at radius 2 is 1.27 bits per heavy atom. The van der Waals surface area contributed by atoms with Gasteiger partial charge in [-0.1, -0.05) is 41.5 Å². The van der Waals surface area contributed by atoms with Crippen molar-refractivity contribution >= 4 is 0 Å². The van der Waals surface area contributed by atoms with Crippen LogP contribution in [-0.4, -0.2) is 25.7 Å². The number of hydrogen-bond donors (Lipinski definition) is 2. The lowest BCUT2D eigenvalue weighted by Crippen LogP contribution is -2.46. The minimum atomic E-state index is 0.675. The van der Waals surface area contributed by atoms with Crippen LogP contribution >= 0.6 is 0 Å². The lowest BCUT2D eigenvalue weighted by molar-refractivity contribution is 0.442. The Balaban J connectivity index is 0. The van der Waals surface area contributed by atoms with Crippen molar-refractivity contribution < 1.29 is 0 Å². The normalized spacial score (nSPS) is 20.2. The topological polar surface area (TPSA) is 24.1 Å². The van der Waals surface area contributed by atoms with E-state index in [1.165, 1.54) is 0 Å². The second kappa shape index (κ2) is 12.0. The maximum Gasteiger partial charge on any atom is 0.0164 e. The monoisotopic (exact) mass is 216 g/mol. The Morgan fingerprint density at radius 3 is 1.40 bits per heavy atom. The SMILES string of the molecule is CC(C)C.CC(C)C.CC1CNCCN1. The van der Waals surface area contributed by atoms with Crippen LogP contribution in [0.25, 0.3) is 0 Å². The number of rotatable bonds is 0. The second-order valence-corrected chi connectivity index (χ2v) is 5.52. The van der Waals surface area contributed by atoms with Gasteiger partial charge in [-0.3, -0.25) is 0 Å². The summed E-state index contributed by atoms with van der Waals surface area (Å²) in [5.41, 5.74) is 0. The van der Waals surface area contributed by atoms with E-state index in [2.05, 4.69) is 59.1 Å². The van der Waals surface area contributed by atoms with Gasteiger partial charge in [0, 0.05) is 25.7 Å². The molecule has 0 aromatic rings. The van der Waals surface area contributed by atoms with Crippen molar-refractivity contribution in [1.82, 2.24) is 10.6 Å². The third-order valence-electron chi connectivity index (χ3n) is 1.25. The van der Waals surface area contributed by atoms with E-state index in [-0.39, 0.29) is 0 Å². The van der Waals surface area contributed by atoms with Gasteiger partial charge in [0.05, 0.1) is 0 Å². The third kappa shape index (κ3) is 31.5. The molecule has 1 aliphatic heterocycles. The molecule has 1 unspecified atom stereocenters. The molecular formula is C13H32N2. The van der Waals surface area contributed by atoms with Crippen LogP contribution in [0.5, 0.6) is 0 Å². The van der Waals surface area contributed by atoms with E-state index in [0.717, 1.165) is 31.5 Å². The molecule has 1 atom stereocenters. The lowest BCUT2D eigenvalue weighted by Gasteiger charge is -2.19. The zero-order valence-corrected chi connectivity index (χ0v) is 11.9. The maximum atomic E-state index is 3.32. The highest BCUT2D eigenvalue weighted by Crippen LogP contribution is 1.81. The minimum Gasteiger partial charge on any atom is -0.314 e. The van der Waals surface area contributed by atoms with Crippen LogP contribution in [-0.2, 0) is 0 Å². The molecule has 0 amide bonds. The molecule has 1 rings (SSSR count). The van der Waals surface area contributed by atoms with Crippen LogP contribution < -0.4 is 10.6 Å². The molecule has 1 fully saturated rings. The van der Waals surface area contributed by atoms with Crippen LogP contribution in [0.2, 0.25) is 0 Å². The number of hydrogen-bond acceptors (Lipinski definition) is 2. The quantitative estimate of drug-likeness (QED) is 0.650. The summed E-state index contributed by atoms with van der Waals surface area (Å²) in [6, 6.07) is 0.675. The third-order valence-corrected chi connectivity index (χ3v) is 1.25. The molecule has 0 aromatic heterocycles. The van der Waals surface area contributed by atoms with E-state index < -0.39 is 0 Å². The molecule has 2 nitrogen and oxygen atoms in total. The first-order valence-corrected chi connectivity index (χ1v) is 6.30. The van der Waals surface area contributed by atoms with Crippen molar-refractivity contribution in [2.24, 2.45) is 11.8 Å². The molecular weight excluding hydrogens is 184 g/mol. The standard InChI is InChI=1S/C5H12N2.2C4H10/c1-5-4-6-2-3-7-5;2*1-4(2)3/h5-7H,2-4H2,1H3;2*4H,1-3H3. The highest BCUT2D eigenvalue weighted by Gasteiger charge is 2.03. The largest absolute Gasteiger partial charge is 0.314 e. The predicted molar refractivity (Wildman–Crippen MR) is 71.4 cm³/mol. The fourth-order valence-electron chi connectivity index (χ4n) is 0.798. The fraction of sp³-hybridized carbons (Fsp3) is 1.00. The summed E-state index contributed by atoms with van der Waals surface area (Å²) in [6.45, 7) is 18.6. The smallest absolute Gasteiger partial charge is 0.0164 e. The van der Waals surface area contributed by atoms with Gasteiger partial charge in [-0.2, -0.15) is 0 Å². The first-order valence-electron chi connectivity index (χ1n) is 6.30. The molecule has 15 heavy (non-hydrogen) atoms. The molecule has 0 bridgehead atoms. The fourth-order valence-corrected chi connectivity index (χ4v) is 0.798. The van der Waals surface area contributed by atoms with Gasteiger partial charge in [0.2, 0.25) is 0 Å². The van der Waals surface area contributed by atoms with Crippen LogP contribution in [0.1, 0.15) is 48.5 Å². The van der Waals surface area contributed by atoms with E-state index in [9.17, 15) is 0 Å². The van der Waals surface area contributed by atoms with Gasteiger partial charge in [-0.25, -0.2) is 0 Å². The summed E-state index contributed by atoms with van der Waals surface area (Å²) >= 11 is 0. The van der Waals surface area contributed by atoms with Gasteiger partial charge in [0.15, 0.2) is 0 Å². The van der Waals surface area contributed by atoms with Gasteiger partial charge < -0.3 is 10.6 Å². The zero-order chi connectivity index (χ0) is 12.3. The van der Waals surface area contributed by atoms with Gasteiger partial charge in [0.25, 0.3) is 0 Å². The highest BCUT2D eigenvalue weighted by molar-refractivity contribution is 4.69. The predicted octanol–water partition coefficient (Wildman–Crippen LogP) is 2.89. The molecule has 0 aliphatic carbocycles. The van der Waals surface area contributed by atoms with Crippen LogP contribution in [0.15, 0.2) is 0 Å². The first kappa shape index (κ1) is 17.3. The average Bonchev–Trinajstić information content (AvgIpc) is 2.03. The lowest BCUT2D eigenvalue weighted by atomic mass is 10.3. The minimum absolute atomic E-state index is 0.675. The molecule has 1 heterocycles. The molecule has 1 aliphatic rings. The Hall–Kier alpha value is -0.0800. The molecule has 0 aromatic carbocycles. The Kier molecular flexibility index (Phi) is 13.8.